The number of carbonyl (C=O) groups excluding carboxylic acids is 1. The Kier molecular flexibility index (Phi) is 10.4. The molecular weight excluding hydrogens is 336 g/mol. The number of aliphatic hydroxyl groups excluding tert-OH is 3. The van der Waals surface area contributed by atoms with Gasteiger partial charge in [0, 0.05) is 37.5 Å². The first kappa shape index (κ1) is 22.5. The van der Waals surface area contributed by atoms with Crippen molar-refractivity contribution in [1.82, 2.24) is 0 Å². The van der Waals surface area contributed by atoms with Crippen molar-refractivity contribution in [3.8, 4) is 0 Å². The number of rotatable bonds is 12. The summed E-state index contributed by atoms with van der Waals surface area (Å²) in [7, 11) is 0. The highest BCUT2D eigenvalue weighted by Crippen LogP contribution is 2.36. The second-order valence-electron chi connectivity index (χ2n) is 7.02. The van der Waals surface area contributed by atoms with Gasteiger partial charge in [-0.25, -0.2) is 0 Å². The van der Waals surface area contributed by atoms with Crippen molar-refractivity contribution in [2.24, 2.45) is 11.8 Å². The van der Waals surface area contributed by atoms with Crippen LogP contribution in [0.4, 0.5) is 0 Å². The highest BCUT2D eigenvalue weighted by molar-refractivity contribution is 5.78. The van der Waals surface area contributed by atoms with E-state index in [0.717, 1.165) is 6.42 Å². The Morgan fingerprint density at radius 3 is 2.46 bits per heavy atom. The number of Topliss-reactive ketones (excluding diaryl/α,β-unsaturated/α-hetero) is 1. The molecule has 0 unspecified atom stereocenters. The number of hydrogen-bond donors (Lipinski definition) is 4. The van der Waals surface area contributed by atoms with Crippen LogP contribution in [-0.4, -0.2) is 50.5 Å². The van der Waals surface area contributed by atoms with Crippen molar-refractivity contribution in [3.63, 3.8) is 0 Å². The Balaban J connectivity index is 2.54. The standard InChI is InChI=1S/C20H32O6/c1-2-3-4-7-14(21)10-11-16-17(19(24)13-18(16)23)12-15(22)8-5-6-9-20(25)26/h3-4,10-11,14,16-19,21,23-24H,2,5-9,12-13H2,1H3,(H,25,26)/b4-3?,11-10+/t14-,16+,17+,18+,19-/m0/s1. The quantitative estimate of drug-likeness (QED) is 0.310. The summed E-state index contributed by atoms with van der Waals surface area (Å²) in [5, 5.41) is 38.9. The van der Waals surface area contributed by atoms with Crippen molar-refractivity contribution in [1.29, 1.82) is 0 Å². The van der Waals surface area contributed by atoms with Gasteiger partial charge in [0.1, 0.15) is 5.78 Å². The van der Waals surface area contributed by atoms with E-state index in [4.69, 9.17) is 5.11 Å². The zero-order valence-corrected chi connectivity index (χ0v) is 15.5. The van der Waals surface area contributed by atoms with Gasteiger partial charge in [-0.05, 0) is 25.7 Å². The average molecular weight is 368 g/mol. The molecule has 0 aromatic rings. The van der Waals surface area contributed by atoms with Crippen LogP contribution < -0.4 is 0 Å². The molecule has 0 bridgehead atoms. The van der Waals surface area contributed by atoms with Gasteiger partial charge in [0.25, 0.3) is 0 Å². The smallest absolute Gasteiger partial charge is 0.303 e. The van der Waals surface area contributed by atoms with Gasteiger partial charge in [-0.2, -0.15) is 0 Å². The number of carboxylic acids is 1. The lowest BCUT2D eigenvalue weighted by molar-refractivity contribution is -0.137. The Labute approximate surface area is 155 Å². The molecule has 1 aliphatic rings. The van der Waals surface area contributed by atoms with Crippen LogP contribution in [0.25, 0.3) is 0 Å². The maximum atomic E-state index is 12.1. The molecular formula is C20H32O6. The van der Waals surface area contributed by atoms with Crippen LogP contribution in [0.5, 0.6) is 0 Å². The number of allylic oxidation sites excluding steroid dienone is 1. The van der Waals surface area contributed by atoms with Crippen molar-refractivity contribution < 1.29 is 30.0 Å². The first-order chi connectivity index (χ1) is 12.3. The van der Waals surface area contributed by atoms with Crippen LogP contribution >= 0.6 is 0 Å². The fourth-order valence-corrected chi connectivity index (χ4v) is 3.37. The summed E-state index contributed by atoms with van der Waals surface area (Å²) in [6.45, 7) is 2.01. The van der Waals surface area contributed by atoms with E-state index in [1.165, 1.54) is 0 Å². The van der Waals surface area contributed by atoms with Gasteiger partial charge >= 0.3 is 5.97 Å². The zero-order chi connectivity index (χ0) is 19.5. The summed E-state index contributed by atoms with van der Waals surface area (Å²) >= 11 is 0. The highest BCUT2D eigenvalue weighted by Gasteiger charge is 2.41. The first-order valence-corrected chi connectivity index (χ1v) is 9.46. The van der Waals surface area contributed by atoms with Crippen LogP contribution in [0.15, 0.2) is 24.3 Å². The van der Waals surface area contributed by atoms with E-state index >= 15 is 0 Å². The fraction of sp³-hybridized carbons (Fsp3) is 0.700. The number of ketones is 1. The number of aliphatic carboxylic acids is 1. The first-order valence-electron chi connectivity index (χ1n) is 9.46. The molecule has 0 saturated heterocycles. The molecule has 0 aromatic heterocycles. The van der Waals surface area contributed by atoms with E-state index in [1.54, 1.807) is 12.2 Å². The molecule has 1 fully saturated rings. The molecule has 0 aromatic carbocycles. The summed E-state index contributed by atoms with van der Waals surface area (Å²) in [5.41, 5.74) is 0. The van der Waals surface area contributed by atoms with Gasteiger partial charge in [0.15, 0.2) is 0 Å². The predicted octanol–water partition coefficient (Wildman–Crippen LogP) is 2.22. The molecule has 0 radical (unpaired) electrons. The van der Waals surface area contributed by atoms with Crippen LogP contribution in [0.3, 0.4) is 0 Å². The van der Waals surface area contributed by atoms with Gasteiger partial charge in [-0.15, -0.1) is 0 Å². The van der Waals surface area contributed by atoms with Crippen LogP contribution in [0.2, 0.25) is 0 Å². The Morgan fingerprint density at radius 2 is 1.81 bits per heavy atom. The minimum atomic E-state index is -0.871. The number of hydrogen-bond acceptors (Lipinski definition) is 5. The molecule has 1 rings (SSSR count). The average Bonchev–Trinajstić information content (AvgIpc) is 2.83. The van der Waals surface area contributed by atoms with E-state index in [2.05, 4.69) is 0 Å². The van der Waals surface area contributed by atoms with E-state index in [-0.39, 0.29) is 43.3 Å². The molecule has 1 aliphatic carbocycles. The second-order valence-corrected chi connectivity index (χ2v) is 7.02. The molecule has 148 valence electrons. The van der Waals surface area contributed by atoms with Crippen molar-refractivity contribution in [2.75, 3.05) is 0 Å². The summed E-state index contributed by atoms with van der Waals surface area (Å²) in [6, 6.07) is 0. The lowest BCUT2D eigenvalue weighted by Crippen LogP contribution is -2.24. The van der Waals surface area contributed by atoms with E-state index < -0.39 is 24.3 Å². The summed E-state index contributed by atoms with van der Waals surface area (Å²) in [5.74, 6) is -1.63. The van der Waals surface area contributed by atoms with Gasteiger partial charge in [0.05, 0.1) is 18.3 Å². The topological polar surface area (TPSA) is 115 Å². The third kappa shape index (κ3) is 8.25. The van der Waals surface area contributed by atoms with Crippen molar-refractivity contribution >= 4 is 11.8 Å². The van der Waals surface area contributed by atoms with E-state index in [1.807, 2.05) is 19.1 Å². The van der Waals surface area contributed by atoms with Gasteiger partial charge in [0.2, 0.25) is 0 Å². The third-order valence-electron chi connectivity index (χ3n) is 4.81. The Hall–Kier alpha value is -1.50. The lowest BCUT2D eigenvalue weighted by Gasteiger charge is -2.20. The molecule has 0 amide bonds. The fourth-order valence-electron chi connectivity index (χ4n) is 3.37. The maximum absolute atomic E-state index is 12.1. The second kappa shape index (κ2) is 12.0. The summed E-state index contributed by atoms with van der Waals surface area (Å²) in [4.78, 5) is 22.6. The number of carboxylic acid groups (broad SMARTS) is 1. The molecule has 0 heterocycles. The molecule has 0 spiro atoms. The van der Waals surface area contributed by atoms with E-state index in [9.17, 15) is 24.9 Å². The summed E-state index contributed by atoms with van der Waals surface area (Å²) < 4.78 is 0. The maximum Gasteiger partial charge on any atom is 0.303 e. The minimum Gasteiger partial charge on any atom is -0.481 e. The molecule has 0 aliphatic heterocycles. The van der Waals surface area contributed by atoms with Gasteiger partial charge in [-0.3, -0.25) is 9.59 Å². The SMILES string of the molecule is CCC=CC[C@H](O)/C=C/[C@@H]1[C@@H](CC(=O)CCCCC(=O)O)[C@@H](O)C[C@H]1O. The summed E-state index contributed by atoms with van der Waals surface area (Å²) in [6.07, 6.45) is 8.14. The zero-order valence-electron chi connectivity index (χ0n) is 15.5. The number of aliphatic hydroxyl groups is 3. The van der Waals surface area contributed by atoms with Crippen LogP contribution in [0.1, 0.15) is 58.3 Å². The largest absolute Gasteiger partial charge is 0.481 e. The molecule has 26 heavy (non-hydrogen) atoms. The minimum absolute atomic E-state index is 0.0293. The number of carbonyl (C=O) groups is 2. The van der Waals surface area contributed by atoms with E-state index in [0.29, 0.717) is 19.3 Å². The normalized spacial score (nSPS) is 27.4. The molecule has 4 N–H and O–H groups in total. The van der Waals surface area contributed by atoms with Crippen molar-refractivity contribution in [3.05, 3.63) is 24.3 Å². The Morgan fingerprint density at radius 1 is 1.12 bits per heavy atom. The third-order valence-corrected chi connectivity index (χ3v) is 4.81. The molecule has 6 heteroatoms. The highest BCUT2D eigenvalue weighted by atomic mass is 16.4. The monoisotopic (exact) mass is 368 g/mol. The number of unbranched alkanes of at least 4 members (excludes halogenated alkanes) is 1. The van der Waals surface area contributed by atoms with Gasteiger partial charge in [-0.1, -0.05) is 31.2 Å². The van der Waals surface area contributed by atoms with Crippen LogP contribution in [0, 0.1) is 11.8 Å². The predicted molar refractivity (Wildman–Crippen MR) is 98.5 cm³/mol. The molecule has 1 saturated carbocycles. The van der Waals surface area contributed by atoms with Crippen molar-refractivity contribution in [2.45, 2.75) is 76.6 Å². The van der Waals surface area contributed by atoms with Crippen LogP contribution in [-0.2, 0) is 9.59 Å². The Bertz CT molecular complexity index is 499. The molecule has 6 nitrogen and oxygen atoms in total. The lowest BCUT2D eigenvalue weighted by atomic mass is 9.87. The van der Waals surface area contributed by atoms with Gasteiger partial charge < -0.3 is 20.4 Å². The molecule has 5 atom stereocenters.